The van der Waals surface area contributed by atoms with Gasteiger partial charge in [0.25, 0.3) is 0 Å². The number of para-hydroxylation sites is 1. The number of pyridine rings is 1. The molecule has 0 radical (unpaired) electrons. The Kier molecular flexibility index (Phi) is 5.14. The van der Waals surface area contributed by atoms with E-state index in [0.717, 1.165) is 27.8 Å². The van der Waals surface area contributed by atoms with E-state index < -0.39 is 0 Å². The molecule has 0 saturated heterocycles. The van der Waals surface area contributed by atoms with Gasteiger partial charge in [0.15, 0.2) is 0 Å². The molecule has 3 heteroatoms. The van der Waals surface area contributed by atoms with Crippen LogP contribution in [0.4, 0.5) is 0 Å². The first-order chi connectivity index (χ1) is 17.1. The van der Waals surface area contributed by atoms with Crippen molar-refractivity contribution < 1.29 is 4.42 Å². The molecule has 180 valence electrons. The van der Waals surface area contributed by atoms with Gasteiger partial charge in [-0.15, -0.1) is 11.3 Å². The number of hydrogen-bond acceptors (Lipinski definition) is 3. The maximum atomic E-state index is 6.57. The average Bonchev–Trinajstić information content (AvgIpc) is 3.34. The van der Waals surface area contributed by atoms with Crippen LogP contribution in [0, 0.1) is 27.7 Å². The van der Waals surface area contributed by atoms with Crippen molar-refractivity contribution in [1.29, 1.82) is 0 Å². The zero-order valence-electron chi connectivity index (χ0n) is 22.0. The van der Waals surface area contributed by atoms with Gasteiger partial charge in [-0.05, 0) is 90.8 Å². The highest BCUT2D eigenvalue weighted by Gasteiger charge is 2.23. The molecule has 36 heavy (non-hydrogen) atoms. The predicted octanol–water partition coefficient (Wildman–Crippen LogP) is 10.1. The third-order valence-corrected chi connectivity index (χ3v) is 8.70. The lowest BCUT2D eigenvalue weighted by Crippen LogP contribution is -2.14. The van der Waals surface area contributed by atoms with E-state index in [1.54, 1.807) is 0 Å². The van der Waals surface area contributed by atoms with Crippen molar-refractivity contribution in [2.24, 2.45) is 0 Å². The number of nitrogens with zero attached hydrogens (tertiary/aromatic N) is 1. The van der Waals surface area contributed by atoms with Crippen LogP contribution in [0.2, 0.25) is 0 Å². The Bertz CT molecular complexity index is 1790. The van der Waals surface area contributed by atoms with Crippen molar-refractivity contribution in [3.05, 3.63) is 87.9 Å². The number of rotatable bonds is 2. The Morgan fingerprint density at radius 1 is 0.806 bits per heavy atom. The lowest BCUT2D eigenvalue weighted by molar-refractivity contribution is 0.589. The van der Waals surface area contributed by atoms with Gasteiger partial charge in [-0.25, -0.2) is 0 Å². The molecule has 0 unspecified atom stereocenters. The van der Waals surface area contributed by atoms with Gasteiger partial charge in [0.1, 0.15) is 11.2 Å². The minimum Gasteiger partial charge on any atom is -0.455 e. The van der Waals surface area contributed by atoms with E-state index in [-0.39, 0.29) is 5.41 Å². The van der Waals surface area contributed by atoms with E-state index in [2.05, 4.69) is 109 Å². The molecule has 0 N–H and O–H groups in total. The van der Waals surface area contributed by atoms with Gasteiger partial charge in [-0.1, -0.05) is 51.1 Å². The van der Waals surface area contributed by atoms with Crippen molar-refractivity contribution in [2.75, 3.05) is 0 Å². The maximum absolute atomic E-state index is 6.57. The summed E-state index contributed by atoms with van der Waals surface area (Å²) >= 11 is 1.86. The van der Waals surface area contributed by atoms with Crippen LogP contribution >= 0.6 is 11.3 Å². The zero-order valence-corrected chi connectivity index (χ0v) is 22.9. The number of furan rings is 1. The summed E-state index contributed by atoms with van der Waals surface area (Å²) in [6.45, 7) is 15.6. The molecule has 0 saturated carbocycles. The molecule has 6 aromatic rings. The number of aryl methyl sites for hydroxylation is 4. The minimum atomic E-state index is -0.0269. The minimum absolute atomic E-state index is 0.0269. The lowest BCUT2D eigenvalue weighted by atomic mass is 9.80. The van der Waals surface area contributed by atoms with Gasteiger partial charge in [-0.3, -0.25) is 4.98 Å². The average molecular weight is 490 g/mol. The van der Waals surface area contributed by atoms with Crippen LogP contribution in [0.5, 0.6) is 0 Å². The summed E-state index contributed by atoms with van der Waals surface area (Å²) in [4.78, 5) is 6.37. The van der Waals surface area contributed by atoms with E-state index >= 15 is 0 Å². The fraction of sp³-hybridized carbons (Fsp3) is 0.242. The Balaban J connectivity index is 1.66. The molecule has 6 rings (SSSR count). The van der Waals surface area contributed by atoms with E-state index in [0.29, 0.717) is 0 Å². The molecular weight excluding hydrogens is 458 g/mol. The highest BCUT2D eigenvalue weighted by Crippen LogP contribution is 2.44. The molecule has 0 bridgehead atoms. The first-order valence-electron chi connectivity index (χ1n) is 12.6. The Labute approximate surface area is 216 Å². The predicted molar refractivity (Wildman–Crippen MR) is 155 cm³/mol. The number of benzene rings is 3. The highest BCUT2D eigenvalue weighted by atomic mass is 32.1. The molecule has 0 amide bonds. The van der Waals surface area contributed by atoms with Crippen LogP contribution in [-0.2, 0) is 5.41 Å². The van der Waals surface area contributed by atoms with Gasteiger partial charge in [0, 0.05) is 37.5 Å². The van der Waals surface area contributed by atoms with E-state index in [1.807, 2.05) is 11.3 Å². The SMILES string of the molecule is Cc1cccc(C)c1-c1cc(-c2cccc3c2oc2ccc4sc(C)c(C)c4c23)ncc1C(C)(C)C. The highest BCUT2D eigenvalue weighted by molar-refractivity contribution is 7.19. The molecular formula is C33H31NOS. The maximum Gasteiger partial charge on any atom is 0.144 e. The zero-order chi connectivity index (χ0) is 25.4. The number of thiophene rings is 1. The van der Waals surface area contributed by atoms with Crippen molar-refractivity contribution >= 4 is 43.4 Å². The van der Waals surface area contributed by atoms with Crippen LogP contribution in [0.3, 0.4) is 0 Å². The number of fused-ring (bicyclic) bond motifs is 5. The summed E-state index contributed by atoms with van der Waals surface area (Å²) in [6, 6.07) is 19.6. The second-order valence-electron chi connectivity index (χ2n) is 11.0. The summed E-state index contributed by atoms with van der Waals surface area (Å²) in [6.07, 6.45) is 2.07. The summed E-state index contributed by atoms with van der Waals surface area (Å²) in [5.74, 6) is 0. The number of hydrogen-bond donors (Lipinski definition) is 0. The smallest absolute Gasteiger partial charge is 0.144 e. The second kappa shape index (κ2) is 8.04. The van der Waals surface area contributed by atoms with Gasteiger partial charge >= 0.3 is 0 Å². The van der Waals surface area contributed by atoms with Crippen LogP contribution < -0.4 is 0 Å². The van der Waals surface area contributed by atoms with Crippen molar-refractivity contribution in [1.82, 2.24) is 4.98 Å². The molecule has 0 fully saturated rings. The van der Waals surface area contributed by atoms with E-state index in [4.69, 9.17) is 9.40 Å². The summed E-state index contributed by atoms with van der Waals surface area (Å²) in [7, 11) is 0. The fourth-order valence-corrected chi connectivity index (χ4v) is 6.67. The van der Waals surface area contributed by atoms with Crippen LogP contribution in [-0.4, -0.2) is 4.98 Å². The van der Waals surface area contributed by atoms with Crippen molar-refractivity contribution in [3.8, 4) is 22.4 Å². The normalized spacial score (nSPS) is 12.3. The molecule has 0 aliphatic rings. The number of aromatic nitrogens is 1. The van der Waals surface area contributed by atoms with Gasteiger partial charge in [0.05, 0.1) is 5.69 Å². The summed E-state index contributed by atoms with van der Waals surface area (Å²) in [5, 5.41) is 3.69. The van der Waals surface area contributed by atoms with Gasteiger partial charge in [0.2, 0.25) is 0 Å². The fourth-order valence-electron chi connectivity index (χ4n) is 5.59. The molecule has 0 spiro atoms. The first kappa shape index (κ1) is 23.0. The van der Waals surface area contributed by atoms with E-state index in [1.165, 1.54) is 53.7 Å². The molecule has 0 aliphatic carbocycles. The van der Waals surface area contributed by atoms with Crippen molar-refractivity contribution in [2.45, 2.75) is 53.9 Å². The summed E-state index contributed by atoms with van der Waals surface area (Å²) < 4.78 is 7.88. The first-order valence-corrected chi connectivity index (χ1v) is 13.4. The standard InChI is InChI=1S/C33H31NOS/c1-18-10-8-11-19(2)29(18)24-16-26(34-17-25(24)33(5,6)7)22-12-9-13-23-31-27(35-32(22)23)14-15-28-30(31)20(3)21(4)36-28/h8-17H,1-7H3. The molecule has 3 aromatic heterocycles. The monoisotopic (exact) mass is 489 g/mol. The third-order valence-electron chi connectivity index (χ3n) is 7.53. The lowest BCUT2D eigenvalue weighted by Gasteiger charge is -2.25. The quantitative estimate of drug-likeness (QED) is 0.242. The van der Waals surface area contributed by atoms with Crippen LogP contribution in [0.15, 0.2) is 65.2 Å². The van der Waals surface area contributed by atoms with Gasteiger partial charge in [-0.2, -0.15) is 0 Å². The van der Waals surface area contributed by atoms with Gasteiger partial charge < -0.3 is 4.42 Å². The van der Waals surface area contributed by atoms with Crippen LogP contribution in [0.1, 0.15) is 47.9 Å². The largest absolute Gasteiger partial charge is 0.455 e. The topological polar surface area (TPSA) is 26.0 Å². The van der Waals surface area contributed by atoms with E-state index in [9.17, 15) is 0 Å². The molecule has 0 atom stereocenters. The summed E-state index contributed by atoms with van der Waals surface area (Å²) in [5.41, 5.74) is 11.5. The second-order valence-corrected chi connectivity index (χ2v) is 12.3. The Morgan fingerprint density at radius 2 is 1.53 bits per heavy atom. The van der Waals surface area contributed by atoms with Crippen molar-refractivity contribution in [3.63, 3.8) is 0 Å². The molecule has 2 nitrogen and oxygen atoms in total. The Morgan fingerprint density at radius 3 is 2.25 bits per heavy atom. The molecule has 0 aliphatic heterocycles. The molecule has 3 heterocycles. The third kappa shape index (κ3) is 3.41. The van der Waals surface area contributed by atoms with Crippen LogP contribution in [0.25, 0.3) is 54.4 Å². The Hall–Kier alpha value is -3.43. The molecule has 3 aromatic carbocycles.